The number of benzene rings is 4. The molecule has 0 nitrogen and oxygen atoms in total. The van der Waals surface area contributed by atoms with E-state index in [1.165, 1.54) is 33.4 Å². The fourth-order valence-corrected chi connectivity index (χ4v) is 4.40. The number of fused-ring (bicyclic) bond motifs is 3. The first-order chi connectivity index (χ1) is 12.4. The normalized spacial score (nSPS) is 13.9. The van der Waals surface area contributed by atoms with Gasteiger partial charge in [0, 0.05) is 0 Å². The van der Waals surface area contributed by atoms with Crippen LogP contribution in [0.3, 0.4) is 0 Å². The van der Waals surface area contributed by atoms with Gasteiger partial charge in [0.2, 0.25) is 0 Å². The van der Waals surface area contributed by atoms with Crippen molar-refractivity contribution in [3.05, 3.63) is 131 Å². The van der Waals surface area contributed by atoms with E-state index >= 15 is 0 Å². The predicted octanol–water partition coefficient (Wildman–Crippen LogP) is 6.05. The molecule has 0 radical (unpaired) electrons. The Kier molecular flexibility index (Phi) is 3.11. The second-order valence-corrected chi connectivity index (χ2v) is 6.57. The Hall–Kier alpha value is -3.12. The predicted molar refractivity (Wildman–Crippen MR) is 104 cm³/mol. The van der Waals surface area contributed by atoms with Gasteiger partial charge in [-0.15, -0.1) is 0 Å². The van der Waals surface area contributed by atoms with E-state index < -0.39 is 0 Å². The molecule has 0 aliphatic heterocycles. The first-order valence-corrected chi connectivity index (χ1v) is 8.73. The highest BCUT2D eigenvalue weighted by atomic mass is 14.5. The summed E-state index contributed by atoms with van der Waals surface area (Å²) in [4.78, 5) is 0. The maximum atomic E-state index is 2.29. The maximum Gasteiger partial charge on any atom is 0.0713 e. The van der Waals surface area contributed by atoms with Gasteiger partial charge in [-0.3, -0.25) is 0 Å². The van der Waals surface area contributed by atoms with E-state index in [1.54, 1.807) is 0 Å². The molecule has 25 heavy (non-hydrogen) atoms. The van der Waals surface area contributed by atoms with Gasteiger partial charge in [0.1, 0.15) is 0 Å². The molecule has 0 heterocycles. The van der Waals surface area contributed by atoms with Gasteiger partial charge >= 0.3 is 0 Å². The van der Waals surface area contributed by atoms with Crippen LogP contribution in [0.25, 0.3) is 11.1 Å². The van der Waals surface area contributed by atoms with Gasteiger partial charge in [0.25, 0.3) is 0 Å². The molecule has 0 spiro atoms. The topological polar surface area (TPSA) is 0 Å². The Balaban J connectivity index is 1.98. The quantitative estimate of drug-likeness (QED) is 0.372. The standard InChI is InChI=1S/C25H18/c1-3-11-19(12-4-1)25(20-13-5-2-6-14-20)23-17-9-7-15-21(23)22-16-8-10-18-24(22)25/h1-18H. The van der Waals surface area contributed by atoms with E-state index in [0.29, 0.717) is 0 Å². The average molecular weight is 318 g/mol. The van der Waals surface area contributed by atoms with Gasteiger partial charge in [-0.2, -0.15) is 0 Å². The lowest BCUT2D eigenvalue weighted by atomic mass is 9.68. The van der Waals surface area contributed by atoms with Crippen molar-refractivity contribution in [1.29, 1.82) is 0 Å². The van der Waals surface area contributed by atoms with Crippen LogP contribution in [0, 0.1) is 0 Å². The minimum absolute atomic E-state index is 0.254. The summed E-state index contributed by atoms with van der Waals surface area (Å²) in [5.41, 5.74) is 7.80. The number of rotatable bonds is 2. The van der Waals surface area contributed by atoms with Crippen LogP contribution in [0.15, 0.2) is 109 Å². The molecule has 4 aromatic carbocycles. The zero-order chi connectivity index (χ0) is 16.7. The van der Waals surface area contributed by atoms with Crippen molar-refractivity contribution in [2.75, 3.05) is 0 Å². The van der Waals surface area contributed by atoms with Crippen molar-refractivity contribution in [3.8, 4) is 11.1 Å². The van der Waals surface area contributed by atoms with E-state index in [-0.39, 0.29) is 5.41 Å². The van der Waals surface area contributed by atoms with E-state index in [2.05, 4.69) is 109 Å². The average Bonchev–Trinajstić information content (AvgIpc) is 3.01. The molecule has 118 valence electrons. The van der Waals surface area contributed by atoms with Crippen molar-refractivity contribution < 1.29 is 0 Å². The van der Waals surface area contributed by atoms with Crippen LogP contribution < -0.4 is 0 Å². The summed E-state index contributed by atoms with van der Waals surface area (Å²) in [6.45, 7) is 0. The third-order valence-corrected chi connectivity index (χ3v) is 5.37. The third kappa shape index (κ3) is 1.88. The van der Waals surface area contributed by atoms with Crippen molar-refractivity contribution >= 4 is 0 Å². The molecule has 0 amide bonds. The Labute approximate surface area is 148 Å². The van der Waals surface area contributed by atoms with E-state index in [4.69, 9.17) is 0 Å². The van der Waals surface area contributed by atoms with Crippen LogP contribution in [0.1, 0.15) is 22.3 Å². The minimum atomic E-state index is -0.254. The molecule has 0 heteroatoms. The zero-order valence-corrected chi connectivity index (χ0v) is 13.9. The highest BCUT2D eigenvalue weighted by molar-refractivity contribution is 5.86. The van der Waals surface area contributed by atoms with Gasteiger partial charge in [-0.05, 0) is 33.4 Å². The molecule has 1 aliphatic rings. The lowest BCUT2D eigenvalue weighted by Gasteiger charge is -2.33. The Morgan fingerprint density at radius 2 is 0.720 bits per heavy atom. The second-order valence-electron chi connectivity index (χ2n) is 6.57. The molecule has 0 bridgehead atoms. The number of hydrogen-bond donors (Lipinski definition) is 0. The minimum Gasteiger partial charge on any atom is -0.0622 e. The molecule has 1 aliphatic carbocycles. The highest BCUT2D eigenvalue weighted by Crippen LogP contribution is 2.55. The molecule has 0 unspecified atom stereocenters. The Morgan fingerprint density at radius 3 is 1.16 bits per heavy atom. The molecule has 0 fully saturated rings. The number of hydrogen-bond acceptors (Lipinski definition) is 0. The van der Waals surface area contributed by atoms with Crippen LogP contribution in [0.5, 0.6) is 0 Å². The van der Waals surface area contributed by atoms with Crippen LogP contribution in [-0.4, -0.2) is 0 Å². The van der Waals surface area contributed by atoms with Crippen molar-refractivity contribution in [1.82, 2.24) is 0 Å². The summed E-state index contributed by atoms with van der Waals surface area (Å²) < 4.78 is 0. The molecule has 0 N–H and O–H groups in total. The fraction of sp³-hybridized carbons (Fsp3) is 0.0400. The monoisotopic (exact) mass is 318 g/mol. The Bertz CT molecular complexity index is 943. The van der Waals surface area contributed by atoms with Crippen molar-refractivity contribution in [3.63, 3.8) is 0 Å². The van der Waals surface area contributed by atoms with Crippen LogP contribution >= 0.6 is 0 Å². The molecule has 0 saturated heterocycles. The van der Waals surface area contributed by atoms with Gasteiger partial charge in [-0.1, -0.05) is 109 Å². The van der Waals surface area contributed by atoms with Crippen LogP contribution in [0.2, 0.25) is 0 Å². The molecular weight excluding hydrogens is 300 g/mol. The van der Waals surface area contributed by atoms with Crippen molar-refractivity contribution in [2.24, 2.45) is 0 Å². The second kappa shape index (κ2) is 5.46. The van der Waals surface area contributed by atoms with Crippen molar-refractivity contribution in [2.45, 2.75) is 5.41 Å². The summed E-state index contributed by atoms with van der Waals surface area (Å²) in [5.74, 6) is 0. The Morgan fingerprint density at radius 1 is 0.360 bits per heavy atom. The van der Waals surface area contributed by atoms with E-state index in [0.717, 1.165) is 0 Å². The SMILES string of the molecule is c1ccc(C2(c3ccccc3)c3ccccc3-c3ccccc32)cc1. The van der Waals surface area contributed by atoms with Crippen LogP contribution in [0.4, 0.5) is 0 Å². The molecule has 5 rings (SSSR count). The summed E-state index contributed by atoms with van der Waals surface area (Å²) in [5, 5.41) is 0. The van der Waals surface area contributed by atoms with Gasteiger partial charge in [-0.25, -0.2) is 0 Å². The highest BCUT2D eigenvalue weighted by Gasteiger charge is 2.45. The van der Waals surface area contributed by atoms with Crippen LogP contribution in [-0.2, 0) is 5.41 Å². The molecule has 4 aromatic rings. The summed E-state index contributed by atoms with van der Waals surface area (Å²) >= 11 is 0. The lowest BCUT2D eigenvalue weighted by Crippen LogP contribution is -2.28. The molecule has 0 saturated carbocycles. The largest absolute Gasteiger partial charge is 0.0713 e. The lowest BCUT2D eigenvalue weighted by molar-refractivity contribution is 0.768. The first kappa shape index (κ1) is 14.2. The third-order valence-electron chi connectivity index (χ3n) is 5.37. The van der Waals surface area contributed by atoms with Gasteiger partial charge in [0.05, 0.1) is 5.41 Å². The maximum absolute atomic E-state index is 2.29. The molecule has 0 aromatic heterocycles. The molecular formula is C25H18. The van der Waals surface area contributed by atoms with E-state index in [9.17, 15) is 0 Å². The van der Waals surface area contributed by atoms with Gasteiger partial charge in [0.15, 0.2) is 0 Å². The fourth-order valence-electron chi connectivity index (χ4n) is 4.40. The summed E-state index contributed by atoms with van der Waals surface area (Å²) in [7, 11) is 0. The summed E-state index contributed by atoms with van der Waals surface area (Å²) in [6, 6.07) is 39.5. The first-order valence-electron chi connectivity index (χ1n) is 8.73. The smallest absolute Gasteiger partial charge is 0.0622 e. The summed E-state index contributed by atoms with van der Waals surface area (Å²) in [6.07, 6.45) is 0. The zero-order valence-electron chi connectivity index (χ0n) is 13.9. The van der Waals surface area contributed by atoms with E-state index in [1.807, 2.05) is 0 Å². The van der Waals surface area contributed by atoms with Gasteiger partial charge < -0.3 is 0 Å². The molecule has 0 atom stereocenters.